The molecule has 0 spiro atoms. The number of pyridine rings is 1. The third-order valence-corrected chi connectivity index (χ3v) is 4.04. The molecule has 0 radical (unpaired) electrons. The zero-order valence-electron chi connectivity index (χ0n) is 14.5. The van der Waals surface area contributed by atoms with Crippen molar-refractivity contribution in [3.8, 4) is 5.75 Å². The van der Waals surface area contributed by atoms with Crippen LogP contribution in [0.3, 0.4) is 0 Å². The second-order valence-electron chi connectivity index (χ2n) is 5.94. The first-order valence-electron chi connectivity index (χ1n) is 8.22. The first kappa shape index (κ1) is 18.1. The van der Waals surface area contributed by atoms with E-state index in [1.54, 1.807) is 18.2 Å². The Morgan fingerprint density at radius 1 is 1.26 bits per heavy atom. The Balaban J connectivity index is 2.15. The van der Waals surface area contributed by atoms with Gasteiger partial charge >= 0.3 is 0 Å². The SMILES string of the molecule is CC(=O)NC(/C=C/c1ccccc1)c1cc([N+](=O)[O-])c2cccnc2c1O. The van der Waals surface area contributed by atoms with Crippen LogP contribution in [0.5, 0.6) is 5.75 Å². The second kappa shape index (κ2) is 7.65. The molecule has 2 aromatic carbocycles. The molecule has 0 saturated carbocycles. The van der Waals surface area contributed by atoms with Gasteiger partial charge < -0.3 is 10.4 Å². The molecule has 0 aliphatic carbocycles. The van der Waals surface area contributed by atoms with E-state index in [-0.39, 0.29) is 33.8 Å². The number of phenols is 1. The Hall–Kier alpha value is -3.74. The van der Waals surface area contributed by atoms with E-state index in [0.717, 1.165) is 5.56 Å². The van der Waals surface area contributed by atoms with E-state index >= 15 is 0 Å². The molecule has 1 unspecified atom stereocenters. The number of phenolic OH excluding ortho intramolecular Hbond substituents is 1. The predicted octanol–water partition coefficient (Wildman–Crippen LogP) is 3.74. The van der Waals surface area contributed by atoms with E-state index < -0.39 is 11.0 Å². The molecule has 1 atom stereocenters. The van der Waals surface area contributed by atoms with Gasteiger partial charge in [-0.15, -0.1) is 0 Å². The fourth-order valence-corrected chi connectivity index (χ4v) is 2.84. The van der Waals surface area contributed by atoms with Gasteiger partial charge in [-0.2, -0.15) is 0 Å². The summed E-state index contributed by atoms with van der Waals surface area (Å²) in [6, 6.07) is 13.0. The maximum absolute atomic E-state index is 11.7. The molecular weight excluding hydrogens is 346 g/mol. The largest absolute Gasteiger partial charge is 0.505 e. The summed E-state index contributed by atoms with van der Waals surface area (Å²) in [6.07, 6.45) is 4.89. The number of benzene rings is 2. The summed E-state index contributed by atoms with van der Waals surface area (Å²) < 4.78 is 0. The lowest BCUT2D eigenvalue weighted by Crippen LogP contribution is -2.24. The first-order valence-corrected chi connectivity index (χ1v) is 8.22. The monoisotopic (exact) mass is 363 g/mol. The summed E-state index contributed by atoms with van der Waals surface area (Å²) in [5, 5.41) is 25.1. The van der Waals surface area contributed by atoms with Gasteiger partial charge in [-0.05, 0) is 17.7 Å². The van der Waals surface area contributed by atoms with Gasteiger partial charge in [-0.25, -0.2) is 0 Å². The summed E-state index contributed by atoms with van der Waals surface area (Å²) >= 11 is 0. The Bertz CT molecular complexity index is 1030. The summed E-state index contributed by atoms with van der Waals surface area (Å²) in [7, 11) is 0. The van der Waals surface area contributed by atoms with Crippen molar-refractivity contribution in [1.82, 2.24) is 10.3 Å². The van der Waals surface area contributed by atoms with E-state index in [9.17, 15) is 20.0 Å². The van der Waals surface area contributed by atoms with Crippen LogP contribution in [-0.2, 0) is 4.79 Å². The molecule has 7 heteroatoms. The molecule has 3 aromatic rings. The number of nitrogens with one attached hydrogen (secondary N) is 1. The number of rotatable bonds is 5. The van der Waals surface area contributed by atoms with Crippen LogP contribution in [0.25, 0.3) is 17.0 Å². The number of hydrogen-bond acceptors (Lipinski definition) is 5. The van der Waals surface area contributed by atoms with Crippen molar-refractivity contribution in [3.05, 3.63) is 82.0 Å². The van der Waals surface area contributed by atoms with Gasteiger partial charge in [0.15, 0.2) is 0 Å². The van der Waals surface area contributed by atoms with Crippen LogP contribution in [-0.4, -0.2) is 20.9 Å². The van der Waals surface area contributed by atoms with Gasteiger partial charge in [0.25, 0.3) is 5.69 Å². The molecule has 0 aliphatic heterocycles. The van der Waals surface area contributed by atoms with Crippen LogP contribution in [0.15, 0.2) is 60.8 Å². The summed E-state index contributed by atoms with van der Waals surface area (Å²) in [5.74, 6) is -0.534. The van der Waals surface area contributed by atoms with Crippen molar-refractivity contribution in [2.75, 3.05) is 0 Å². The number of nitro groups is 1. The molecule has 0 saturated heterocycles. The number of carbonyl (C=O) groups excluding carboxylic acids is 1. The third-order valence-electron chi connectivity index (χ3n) is 4.04. The van der Waals surface area contributed by atoms with E-state index in [2.05, 4.69) is 10.3 Å². The molecule has 1 heterocycles. The topological polar surface area (TPSA) is 105 Å². The summed E-state index contributed by atoms with van der Waals surface area (Å²) in [5.41, 5.74) is 1.02. The van der Waals surface area contributed by atoms with E-state index in [4.69, 9.17) is 0 Å². The molecule has 2 N–H and O–H groups in total. The molecule has 0 bridgehead atoms. The van der Waals surface area contributed by atoms with Crippen LogP contribution < -0.4 is 5.32 Å². The van der Waals surface area contributed by atoms with Crippen molar-refractivity contribution in [1.29, 1.82) is 0 Å². The number of non-ortho nitro benzene ring substituents is 1. The number of fused-ring (bicyclic) bond motifs is 1. The quantitative estimate of drug-likeness (QED) is 0.531. The normalized spacial score (nSPS) is 12.2. The number of nitro benzene ring substituents is 1. The summed E-state index contributed by atoms with van der Waals surface area (Å²) in [4.78, 5) is 26.7. The minimum absolute atomic E-state index is 0.116. The maximum atomic E-state index is 11.7. The molecule has 7 nitrogen and oxygen atoms in total. The summed E-state index contributed by atoms with van der Waals surface area (Å²) in [6.45, 7) is 1.34. The van der Waals surface area contributed by atoms with E-state index in [0.29, 0.717) is 0 Å². The molecule has 1 amide bonds. The Morgan fingerprint density at radius 2 is 2.00 bits per heavy atom. The van der Waals surface area contributed by atoms with Crippen molar-refractivity contribution < 1.29 is 14.8 Å². The number of carbonyl (C=O) groups is 1. The molecule has 3 rings (SSSR count). The van der Waals surface area contributed by atoms with Crippen LogP contribution >= 0.6 is 0 Å². The molecule has 1 aromatic heterocycles. The number of amides is 1. The van der Waals surface area contributed by atoms with Gasteiger partial charge in [0.05, 0.1) is 16.4 Å². The van der Waals surface area contributed by atoms with Gasteiger partial charge in [0, 0.05) is 24.8 Å². The Labute approximate surface area is 155 Å². The van der Waals surface area contributed by atoms with Crippen LogP contribution in [0.1, 0.15) is 24.1 Å². The van der Waals surface area contributed by atoms with Crippen molar-refractivity contribution in [2.24, 2.45) is 0 Å². The van der Waals surface area contributed by atoms with Gasteiger partial charge in [0.1, 0.15) is 11.3 Å². The minimum Gasteiger partial charge on any atom is -0.505 e. The number of hydrogen-bond donors (Lipinski definition) is 2. The van der Waals surface area contributed by atoms with Gasteiger partial charge in [-0.1, -0.05) is 42.5 Å². The lowest BCUT2D eigenvalue weighted by Gasteiger charge is -2.17. The smallest absolute Gasteiger partial charge is 0.279 e. The maximum Gasteiger partial charge on any atom is 0.279 e. The fraction of sp³-hybridized carbons (Fsp3) is 0.100. The van der Waals surface area contributed by atoms with E-state index in [1.165, 1.54) is 25.3 Å². The molecule has 27 heavy (non-hydrogen) atoms. The fourth-order valence-electron chi connectivity index (χ4n) is 2.84. The highest BCUT2D eigenvalue weighted by atomic mass is 16.6. The standard InChI is InChI=1S/C20H17N3O4/c1-13(24)22-17(10-9-14-6-3-2-4-7-14)16-12-18(23(26)27)15-8-5-11-21-19(15)20(16)25/h2-12,17,25H,1H3,(H,22,24)/b10-9+. The second-order valence-corrected chi connectivity index (χ2v) is 5.94. The Morgan fingerprint density at radius 3 is 2.67 bits per heavy atom. The van der Waals surface area contributed by atoms with Crippen LogP contribution in [0, 0.1) is 10.1 Å². The Kier molecular flexibility index (Phi) is 5.12. The highest BCUT2D eigenvalue weighted by Gasteiger charge is 2.23. The van der Waals surface area contributed by atoms with Crippen molar-refractivity contribution in [3.63, 3.8) is 0 Å². The lowest BCUT2D eigenvalue weighted by atomic mass is 10.00. The average molecular weight is 363 g/mol. The molecular formula is C20H17N3O4. The highest BCUT2D eigenvalue weighted by Crippen LogP contribution is 2.38. The molecule has 0 aliphatic rings. The van der Waals surface area contributed by atoms with E-state index in [1.807, 2.05) is 30.3 Å². The predicted molar refractivity (Wildman–Crippen MR) is 102 cm³/mol. The highest BCUT2D eigenvalue weighted by molar-refractivity contribution is 5.93. The van der Waals surface area contributed by atoms with Crippen LogP contribution in [0.2, 0.25) is 0 Å². The van der Waals surface area contributed by atoms with Crippen LogP contribution in [0.4, 0.5) is 5.69 Å². The molecule has 0 fully saturated rings. The molecule has 136 valence electrons. The minimum atomic E-state index is -0.757. The number of aromatic nitrogens is 1. The number of nitrogens with zero attached hydrogens (tertiary/aromatic N) is 2. The first-order chi connectivity index (χ1) is 13.0. The number of aromatic hydroxyl groups is 1. The van der Waals surface area contributed by atoms with Crippen molar-refractivity contribution >= 4 is 28.6 Å². The third kappa shape index (κ3) is 3.92. The van der Waals surface area contributed by atoms with Gasteiger partial charge in [0.2, 0.25) is 5.91 Å². The van der Waals surface area contributed by atoms with Gasteiger partial charge in [-0.3, -0.25) is 19.9 Å². The zero-order chi connectivity index (χ0) is 19.4. The lowest BCUT2D eigenvalue weighted by molar-refractivity contribution is -0.383. The van der Waals surface area contributed by atoms with Crippen molar-refractivity contribution in [2.45, 2.75) is 13.0 Å². The zero-order valence-corrected chi connectivity index (χ0v) is 14.5. The average Bonchev–Trinajstić information content (AvgIpc) is 2.66.